The molecule has 2 aliphatic rings. The van der Waals surface area contributed by atoms with Gasteiger partial charge in [0, 0.05) is 28.5 Å². The van der Waals surface area contributed by atoms with E-state index < -0.39 is 29.2 Å². The van der Waals surface area contributed by atoms with Gasteiger partial charge in [0.1, 0.15) is 12.0 Å². The molecule has 3 rings (SSSR count). The van der Waals surface area contributed by atoms with E-state index in [-0.39, 0.29) is 18.8 Å². The van der Waals surface area contributed by atoms with Gasteiger partial charge >= 0.3 is 6.09 Å². The molecule has 1 heterocycles. The number of carbonyl (C=O) groups is 1. The van der Waals surface area contributed by atoms with Crippen molar-refractivity contribution in [1.29, 1.82) is 0 Å². The first-order valence-corrected chi connectivity index (χ1v) is 9.98. The molecular formula is C19H25F2N3O2S. The minimum atomic E-state index is -1.12. The van der Waals surface area contributed by atoms with Crippen LogP contribution in [0.2, 0.25) is 0 Å². The number of hydrogen-bond acceptors (Lipinski definition) is 4. The van der Waals surface area contributed by atoms with E-state index in [2.05, 4.69) is 0 Å². The molecule has 0 bridgehead atoms. The lowest BCUT2D eigenvalue weighted by Gasteiger charge is -2.47. The Morgan fingerprint density at radius 3 is 2.78 bits per heavy atom. The fourth-order valence-electron chi connectivity index (χ4n) is 3.99. The van der Waals surface area contributed by atoms with Gasteiger partial charge in [0.25, 0.3) is 0 Å². The summed E-state index contributed by atoms with van der Waals surface area (Å²) in [7, 11) is 0. The zero-order chi connectivity index (χ0) is 20.0. The van der Waals surface area contributed by atoms with Crippen molar-refractivity contribution >= 4 is 28.7 Å². The zero-order valence-corrected chi connectivity index (χ0v) is 16.5. The van der Waals surface area contributed by atoms with E-state index in [4.69, 9.17) is 10.7 Å². The summed E-state index contributed by atoms with van der Waals surface area (Å²) in [6.07, 6.45) is -1.21. The summed E-state index contributed by atoms with van der Waals surface area (Å²) in [5.41, 5.74) is 4.92. The second-order valence-electron chi connectivity index (χ2n) is 8.23. The minimum Gasteiger partial charge on any atom is -0.465 e. The molecule has 27 heavy (non-hydrogen) atoms. The first-order chi connectivity index (χ1) is 12.5. The van der Waals surface area contributed by atoms with Crippen LogP contribution in [0, 0.1) is 11.7 Å². The highest BCUT2D eigenvalue weighted by Crippen LogP contribution is 2.51. The van der Waals surface area contributed by atoms with E-state index in [1.807, 2.05) is 0 Å². The van der Waals surface area contributed by atoms with E-state index in [0.717, 1.165) is 0 Å². The summed E-state index contributed by atoms with van der Waals surface area (Å²) in [4.78, 5) is 17.9. The van der Waals surface area contributed by atoms with Crippen molar-refractivity contribution in [2.45, 2.75) is 57.3 Å². The third-order valence-electron chi connectivity index (χ3n) is 5.27. The number of fused-ring (bicyclic) bond motifs is 1. The molecule has 8 heteroatoms. The Kier molecular flexibility index (Phi) is 5.14. The quantitative estimate of drug-likeness (QED) is 0.678. The Hall–Kier alpha value is -1.83. The van der Waals surface area contributed by atoms with Crippen molar-refractivity contribution in [3.05, 3.63) is 29.6 Å². The Morgan fingerprint density at radius 1 is 1.44 bits per heavy atom. The molecule has 0 saturated heterocycles. The standard InChI is InChI=1S/C19H25F2N3O2S/c1-18(2,3)24(17(25)26)16-23-19(14-9-13(22)4-5-15(14)21)7-6-12(20)8-11(19)10-27-16/h4-5,9,11-12H,6-8,10,22H2,1-3H3,(H,25,26)/t11-,12+,19-/m0/s1. The summed E-state index contributed by atoms with van der Waals surface area (Å²) in [6.45, 7) is 5.34. The number of halogens is 2. The molecule has 1 aliphatic heterocycles. The largest absolute Gasteiger partial charge is 0.465 e. The molecule has 3 atom stereocenters. The summed E-state index contributed by atoms with van der Waals surface area (Å²) in [5, 5.41) is 10.1. The first kappa shape index (κ1) is 19.9. The number of amidine groups is 1. The molecule has 0 unspecified atom stereocenters. The molecule has 1 aliphatic carbocycles. The van der Waals surface area contributed by atoms with Crippen molar-refractivity contribution in [2.24, 2.45) is 10.9 Å². The monoisotopic (exact) mass is 397 g/mol. The van der Waals surface area contributed by atoms with Crippen LogP contribution in [0.5, 0.6) is 0 Å². The number of anilines is 1. The SMILES string of the molecule is CC(C)(C)N(C(=O)O)C1=N[C@@]2(c3cc(N)ccc3F)CC[C@@H](F)C[C@H]2CS1. The number of aliphatic imine (C=N–C) groups is 1. The smallest absolute Gasteiger partial charge is 0.413 e. The lowest BCUT2D eigenvalue weighted by Crippen LogP contribution is -2.52. The summed E-state index contributed by atoms with van der Waals surface area (Å²) >= 11 is 1.29. The second-order valence-corrected chi connectivity index (χ2v) is 9.21. The molecule has 1 aromatic carbocycles. The number of carboxylic acid groups (broad SMARTS) is 1. The van der Waals surface area contributed by atoms with E-state index in [1.165, 1.54) is 28.8 Å². The average molecular weight is 397 g/mol. The maximum Gasteiger partial charge on any atom is 0.413 e. The highest BCUT2D eigenvalue weighted by atomic mass is 32.2. The molecule has 0 radical (unpaired) electrons. The Balaban J connectivity index is 2.18. The third kappa shape index (κ3) is 3.63. The Labute approximate surface area is 162 Å². The number of hydrogen-bond donors (Lipinski definition) is 2. The minimum absolute atomic E-state index is 0.220. The van der Waals surface area contributed by atoms with Gasteiger partial charge in [0.15, 0.2) is 5.17 Å². The van der Waals surface area contributed by atoms with Crippen molar-refractivity contribution in [1.82, 2.24) is 4.90 Å². The van der Waals surface area contributed by atoms with Crippen LogP contribution in [0.25, 0.3) is 0 Å². The van der Waals surface area contributed by atoms with E-state index in [1.54, 1.807) is 26.8 Å². The maximum absolute atomic E-state index is 14.8. The average Bonchev–Trinajstić information content (AvgIpc) is 2.55. The Bertz CT molecular complexity index is 781. The van der Waals surface area contributed by atoms with Crippen LogP contribution in [0.1, 0.15) is 45.6 Å². The zero-order valence-electron chi connectivity index (χ0n) is 15.7. The number of alkyl halides is 1. The van der Waals surface area contributed by atoms with Gasteiger partial charge in [-0.15, -0.1) is 0 Å². The lowest BCUT2D eigenvalue weighted by molar-refractivity contribution is 0.117. The van der Waals surface area contributed by atoms with Crippen molar-refractivity contribution < 1.29 is 18.7 Å². The number of rotatable bonds is 1. The van der Waals surface area contributed by atoms with Crippen LogP contribution in [-0.2, 0) is 5.54 Å². The number of nitrogens with two attached hydrogens (primary N) is 1. The van der Waals surface area contributed by atoms with Gasteiger partial charge < -0.3 is 10.8 Å². The fraction of sp³-hybridized carbons (Fsp3) is 0.579. The van der Waals surface area contributed by atoms with Gasteiger partial charge in [-0.05, 0) is 58.2 Å². The van der Waals surface area contributed by atoms with E-state index in [9.17, 15) is 18.7 Å². The van der Waals surface area contributed by atoms with Crippen LogP contribution in [0.15, 0.2) is 23.2 Å². The number of amides is 1. The van der Waals surface area contributed by atoms with Gasteiger partial charge in [0.2, 0.25) is 0 Å². The van der Waals surface area contributed by atoms with Crippen LogP contribution < -0.4 is 5.73 Å². The topological polar surface area (TPSA) is 78.9 Å². The third-order valence-corrected chi connectivity index (χ3v) is 6.37. The van der Waals surface area contributed by atoms with Crippen molar-refractivity contribution in [3.8, 4) is 0 Å². The number of nitrogen functional groups attached to an aromatic ring is 1. The van der Waals surface area contributed by atoms with Gasteiger partial charge in [-0.1, -0.05) is 11.8 Å². The van der Waals surface area contributed by atoms with Crippen LogP contribution in [0.3, 0.4) is 0 Å². The molecule has 1 aromatic rings. The van der Waals surface area contributed by atoms with Gasteiger partial charge in [-0.2, -0.15) is 0 Å². The normalized spacial score (nSPS) is 28.3. The molecule has 148 valence electrons. The summed E-state index contributed by atoms with van der Waals surface area (Å²) < 4.78 is 28.9. The molecule has 1 saturated carbocycles. The van der Waals surface area contributed by atoms with Gasteiger partial charge in [-0.3, -0.25) is 9.89 Å². The van der Waals surface area contributed by atoms with Crippen LogP contribution >= 0.6 is 11.8 Å². The highest BCUT2D eigenvalue weighted by Gasteiger charge is 2.50. The number of nitrogens with zero attached hydrogens (tertiary/aromatic N) is 2. The highest BCUT2D eigenvalue weighted by molar-refractivity contribution is 8.13. The number of benzene rings is 1. The van der Waals surface area contributed by atoms with Crippen molar-refractivity contribution in [3.63, 3.8) is 0 Å². The van der Waals surface area contributed by atoms with Gasteiger partial charge in [-0.25, -0.2) is 13.6 Å². The molecule has 0 spiro atoms. The fourth-order valence-corrected chi connectivity index (χ4v) is 5.46. The molecule has 1 fully saturated rings. The summed E-state index contributed by atoms with van der Waals surface area (Å²) in [5.74, 6) is -0.186. The number of thioether (sulfide) groups is 1. The molecule has 1 amide bonds. The molecule has 3 N–H and O–H groups in total. The Morgan fingerprint density at radius 2 is 2.15 bits per heavy atom. The van der Waals surface area contributed by atoms with Crippen LogP contribution in [0.4, 0.5) is 19.3 Å². The molecule has 5 nitrogen and oxygen atoms in total. The summed E-state index contributed by atoms with van der Waals surface area (Å²) in [6, 6.07) is 4.33. The maximum atomic E-state index is 14.8. The van der Waals surface area contributed by atoms with E-state index >= 15 is 0 Å². The second kappa shape index (κ2) is 6.96. The molecule has 0 aromatic heterocycles. The van der Waals surface area contributed by atoms with Crippen molar-refractivity contribution in [2.75, 3.05) is 11.5 Å². The predicted molar refractivity (Wildman–Crippen MR) is 104 cm³/mol. The predicted octanol–water partition coefficient (Wildman–Crippen LogP) is 4.62. The van der Waals surface area contributed by atoms with Gasteiger partial charge in [0.05, 0.1) is 5.54 Å². The van der Waals surface area contributed by atoms with E-state index in [0.29, 0.717) is 28.6 Å². The molecular weight excluding hydrogens is 372 g/mol. The lowest BCUT2D eigenvalue weighted by atomic mass is 9.69. The first-order valence-electron chi connectivity index (χ1n) is 9.00. The van der Waals surface area contributed by atoms with Crippen LogP contribution in [-0.4, -0.2) is 38.7 Å².